The number of nitrogen functional groups attached to an aromatic ring is 1. The molecule has 0 atom stereocenters. The summed E-state index contributed by atoms with van der Waals surface area (Å²) in [5.74, 6) is 0.261. The van der Waals surface area contributed by atoms with Crippen molar-refractivity contribution in [2.75, 3.05) is 11.1 Å². The third kappa shape index (κ3) is 2.65. The van der Waals surface area contributed by atoms with Gasteiger partial charge in [-0.2, -0.15) is 0 Å². The number of halogens is 1. The highest BCUT2D eigenvalue weighted by atomic mass is 79.9. The van der Waals surface area contributed by atoms with Gasteiger partial charge < -0.3 is 15.6 Å². The Kier molecular flexibility index (Phi) is 3.14. The first-order chi connectivity index (χ1) is 8.06. The molecule has 0 bridgehead atoms. The van der Waals surface area contributed by atoms with Crippen molar-refractivity contribution in [3.8, 4) is 0 Å². The molecular formula is C11H11BrN4O. The molecule has 0 saturated carbocycles. The maximum Gasteiger partial charge on any atom is 0.273 e. The van der Waals surface area contributed by atoms with Crippen molar-refractivity contribution in [2.45, 2.75) is 0 Å². The number of carbonyl (C=O) groups is 1. The summed E-state index contributed by atoms with van der Waals surface area (Å²) in [6.07, 6.45) is 3.30. The van der Waals surface area contributed by atoms with Gasteiger partial charge >= 0.3 is 0 Å². The predicted octanol–water partition coefficient (Wildman–Crippen LogP) is 2.02. The molecule has 0 spiro atoms. The van der Waals surface area contributed by atoms with Crippen LogP contribution in [0.2, 0.25) is 0 Å². The summed E-state index contributed by atoms with van der Waals surface area (Å²) < 4.78 is 2.53. The van der Waals surface area contributed by atoms with E-state index in [-0.39, 0.29) is 5.91 Å². The van der Waals surface area contributed by atoms with Crippen molar-refractivity contribution in [1.29, 1.82) is 0 Å². The summed E-state index contributed by atoms with van der Waals surface area (Å²) in [7, 11) is 1.76. The van der Waals surface area contributed by atoms with Gasteiger partial charge in [0.2, 0.25) is 0 Å². The Morgan fingerprint density at radius 3 is 2.82 bits per heavy atom. The van der Waals surface area contributed by atoms with Crippen LogP contribution in [0.25, 0.3) is 0 Å². The van der Waals surface area contributed by atoms with E-state index in [0.29, 0.717) is 17.2 Å². The monoisotopic (exact) mass is 294 g/mol. The zero-order valence-electron chi connectivity index (χ0n) is 9.14. The van der Waals surface area contributed by atoms with Gasteiger partial charge in [-0.1, -0.05) is 0 Å². The summed E-state index contributed by atoms with van der Waals surface area (Å²) >= 11 is 3.28. The van der Waals surface area contributed by atoms with E-state index in [4.69, 9.17) is 5.73 Å². The van der Waals surface area contributed by atoms with Crippen LogP contribution in [0.5, 0.6) is 0 Å². The zero-order valence-corrected chi connectivity index (χ0v) is 10.7. The number of amides is 1. The number of nitrogens with zero attached hydrogens (tertiary/aromatic N) is 2. The molecule has 17 heavy (non-hydrogen) atoms. The van der Waals surface area contributed by atoms with Gasteiger partial charge in [0, 0.05) is 23.9 Å². The molecule has 2 aromatic heterocycles. The standard InChI is InChI=1S/C11H11BrN4O/c1-16-6-8(13)4-9(16)11(17)15-10-3-2-7(12)5-14-10/h2-6H,13H2,1H3,(H,14,15,17). The predicted molar refractivity (Wildman–Crippen MR) is 69.7 cm³/mol. The maximum absolute atomic E-state index is 11.9. The molecule has 6 heteroatoms. The summed E-state index contributed by atoms with van der Waals surface area (Å²) in [6.45, 7) is 0. The molecule has 88 valence electrons. The van der Waals surface area contributed by atoms with Crippen LogP contribution in [-0.4, -0.2) is 15.5 Å². The molecule has 1 amide bonds. The molecule has 0 fully saturated rings. The number of anilines is 2. The third-order valence-corrected chi connectivity index (χ3v) is 2.70. The van der Waals surface area contributed by atoms with Gasteiger partial charge in [0.05, 0.1) is 5.69 Å². The third-order valence-electron chi connectivity index (χ3n) is 2.23. The molecule has 2 rings (SSSR count). The molecule has 0 radical (unpaired) electrons. The van der Waals surface area contributed by atoms with Crippen LogP contribution < -0.4 is 11.1 Å². The second-order valence-corrected chi connectivity index (χ2v) is 4.50. The van der Waals surface area contributed by atoms with E-state index in [1.54, 1.807) is 36.1 Å². The van der Waals surface area contributed by atoms with Crippen molar-refractivity contribution in [2.24, 2.45) is 7.05 Å². The summed E-state index contributed by atoms with van der Waals surface area (Å²) in [5.41, 5.74) is 6.66. The Morgan fingerprint density at radius 1 is 1.53 bits per heavy atom. The summed E-state index contributed by atoms with van der Waals surface area (Å²) in [6, 6.07) is 5.14. The number of hydrogen-bond donors (Lipinski definition) is 2. The number of carbonyl (C=O) groups excluding carboxylic acids is 1. The molecule has 0 unspecified atom stereocenters. The topological polar surface area (TPSA) is 72.9 Å². The number of aryl methyl sites for hydroxylation is 1. The molecule has 0 saturated heterocycles. The molecule has 5 nitrogen and oxygen atoms in total. The minimum atomic E-state index is -0.237. The fraction of sp³-hybridized carbons (Fsp3) is 0.0909. The Balaban J connectivity index is 2.17. The minimum absolute atomic E-state index is 0.237. The molecule has 0 aliphatic heterocycles. The summed E-state index contributed by atoms with van der Waals surface area (Å²) in [5, 5.41) is 2.69. The molecule has 3 N–H and O–H groups in total. The van der Waals surface area contributed by atoms with Crippen LogP contribution in [0.3, 0.4) is 0 Å². The highest BCUT2D eigenvalue weighted by molar-refractivity contribution is 9.10. The lowest BCUT2D eigenvalue weighted by molar-refractivity contribution is 0.101. The largest absolute Gasteiger partial charge is 0.397 e. The van der Waals surface area contributed by atoms with E-state index >= 15 is 0 Å². The Labute approximate surface area is 107 Å². The van der Waals surface area contributed by atoms with Gasteiger partial charge in [0.25, 0.3) is 5.91 Å². The van der Waals surface area contributed by atoms with Crippen LogP contribution >= 0.6 is 15.9 Å². The molecule has 2 aromatic rings. The Hall–Kier alpha value is -1.82. The first-order valence-corrected chi connectivity index (χ1v) is 5.70. The van der Waals surface area contributed by atoms with Crippen LogP contribution in [-0.2, 0) is 7.05 Å². The van der Waals surface area contributed by atoms with Crippen molar-refractivity contribution in [1.82, 2.24) is 9.55 Å². The number of rotatable bonds is 2. The number of nitrogens with two attached hydrogens (primary N) is 1. The lowest BCUT2D eigenvalue weighted by Crippen LogP contribution is -2.15. The van der Waals surface area contributed by atoms with Crippen molar-refractivity contribution < 1.29 is 4.79 Å². The van der Waals surface area contributed by atoms with Crippen molar-refractivity contribution in [3.05, 3.63) is 40.8 Å². The van der Waals surface area contributed by atoms with Crippen LogP contribution in [0.1, 0.15) is 10.5 Å². The van der Waals surface area contributed by atoms with Crippen LogP contribution in [0.4, 0.5) is 11.5 Å². The van der Waals surface area contributed by atoms with Gasteiger partial charge in [-0.25, -0.2) is 4.98 Å². The number of nitrogens with one attached hydrogen (secondary N) is 1. The molecule has 0 aromatic carbocycles. The van der Waals surface area contributed by atoms with Crippen molar-refractivity contribution >= 4 is 33.3 Å². The SMILES string of the molecule is Cn1cc(N)cc1C(=O)Nc1ccc(Br)cn1. The number of aromatic nitrogens is 2. The van der Waals surface area contributed by atoms with E-state index in [1.165, 1.54) is 0 Å². The minimum Gasteiger partial charge on any atom is -0.397 e. The second kappa shape index (κ2) is 4.58. The highest BCUT2D eigenvalue weighted by Gasteiger charge is 2.11. The fourth-order valence-electron chi connectivity index (χ4n) is 1.45. The fourth-order valence-corrected chi connectivity index (χ4v) is 1.68. The smallest absolute Gasteiger partial charge is 0.273 e. The van der Waals surface area contributed by atoms with Gasteiger partial charge in [-0.3, -0.25) is 4.79 Å². The average Bonchev–Trinajstić information content (AvgIpc) is 2.61. The molecule has 2 heterocycles. The van der Waals surface area contributed by atoms with Gasteiger partial charge in [0.1, 0.15) is 11.5 Å². The number of hydrogen-bond acceptors (Lipinski definition) is 3. The average molecular weight is 295 g/mol. The number of pyridine rings is 1. The maximum atomic E-state index is 11.9. The Bertz CT molecular complexity index is 547. The van der Waals surface area contributed by atoms with E-state index in [2.05, 4.69) is 26.2 Å². The molecular weight excluding hydrogens is 284 g/mol. The van der Waals surface area contributed by atoms with E-state index in [0.717, 1.165) is 4.47 Å². The quantitative estimate of drug-likeness (QED) is 0.890. The van der Waals surface area contributed by atoms with Crippen LogP contribution in [0.15, 0.2) is 35.1 Å². The van der Waals surface area contributed by atoms with Crippen molar-refractivity contribution in [3.63, 3.8) is 0 Å². The molecule has 0 aliphatic rings. The Morgan fingerprint density at radius 2 is 2.29 bits per heavy atom. The highest BCUT2D eigenvalue weighted by Crippen LogP contribution is 2.13. The zero-order chi connectivity index (χ0) is 12.4. The van der Waals surface area contributed by atoms with Crippen LogP contribution in [0, 0.1) is 0 Å². The first-order valence-electron chi connectivity index (χ1n) is 4.91. The van der Waals surface area contributed by atoms with E-state index < -0.39 is 0 Å². The van der Waals surface area contributed by atoms with Gasteiger partial charge in [0.15, 0.2) is 0 Å². The second-order valence-electron chi connectivity index (χ2n) is 3.59. The van der Waals surface area contributed by atoms with E-state index in [9.17, 15) is 4.79 Å². The normalized spacial score (nSPS) is 10.2. The van der Waals surface area contributed by atoms with Gasteiger partial charge in [-0.05, 0) is 34.1 Å². The molecule has 0 aliphatic carbocycles. The lowest BCUT2D eigenvalue weighted by atomic mass is 10.3. The van der Waals surface area contributed by atoms with Gasteiger partial charge in [-0.15, -0.1) is 0 Å². The summed E-state index contributed by atoms with van der Waals surface area (Å²) in [4.78, 5) is 16.0. The first kappa shape index (κ1) is 11.7. The van der Waals surface area contributed by atoms with E-state index in [1.807, 2.05) is 6.07 Å². The lowest BCUT2D eigenvalue weighted by Gasteiger charge is -2.04.